The molecule has 318 valence electrons. The van der Waals surface area contributed by atoms with Crippen LogP contribution in [-0.2, 0) is 89.1 Å². The largest absolute Gasteiger partial charge is 3.00 e. The van der Waals surface area contributed by atoms with Crippen LogP contribution < -0.4 is 0 Å². The summed E-state index contributed by atoms with van der Waals surface area (Å²) in [6.45, 7) is 47.5. The van der Waals surface area contributed by atoms with Crippen LogP contribution in [-0.4, -0.2) is 66.5 Å². The SMILES string of the molecule is C[Si](C)(C)[N-][Si](C)(C)C.C[Si](C)(C)[N-][Si](C)(C)C.C[Si](C)(C)[N-][Si](C)(C)C.Cc1ccc([S-])cc1.Cc1ccc([S-])cc1.Cc1ccc([S-])cc1.[Fe+2].[Fe+3].[Fe+3].[Se-2]. The average molecular weight is 1100 g/mol. The van der Waals surface area contributed by atoms with Crippen molar-refractivity contribution in [1.29, 1.82) is 0 Å². The molecule has 0 aliphatic rings. The zero-order valence-electron chi connectivity index (χ0n) is 38.0. The minimum Gasteiger partial charge on any atom is -2.00 e. The molecule has 0 amide bonds. The van der Waals surface area contributed by atoms with Crippen LogP contribution in [0.2, 0.25) is 118 Å². The molecule has 0 aromatic heterocycles. The van der Waals surface area contributed by atoms with Crippen molar-refractivity contribution in [2.45, 2.75) is 153 Å². The molecule has 2 radical (unpaired) electrons. The molecular formula is C39H75Fe3N3S3SeSi6. The Morgan fingerprint density at radius 2 is 0.418 bits per heavy atom. The van der Waals surface area contributed by atoms with E-state index in [2.05, 4.69) is 139 Å². The number of aryl methyl sites for hydroxylation is 3. The normalized spacial score (nSPS) is 10.9. The summed E-state index contributed by atoms with van der Waals surface area (Å²) >= 11 is 14.6. The van der Waals surface area contributed by atoms with Crippen LogP contribution in [0.3, 0.4) is 0 Å². The monoisotopic (exact) mass is 1100 g/mol. The fourth-order valence-electron chi connectivity index (χ4n) is 4.63. The van der Waals surface area contributed by atoms with Gasteiger partial charge in [0.05, 0.1) is 0 Å². The summed E-state index contributed by atoms with van der Waals surface area (Å²) in [5, 5.41) is 0. The zero-order valence-corrected chi connectivity index (χ0v) is 51.4. The second-order valence-electron chi connectivity index (χ2n) is 18.8. The first-order valence-corrected chi connectivity index (χ1v) is 39.8. The molecule has 16 heteroatoms. The van der Waals surface area contributed by atoms with E-state index in [9.17, 15) is 0 Å². The van der Waals surface area contributed by atoms with Crippen molar-refractivity contribution in [1.82, 2.24) is 0 Å². The zero-order chi connectivity index (χ0) is 41.1. The fourth-order valence-corrected chi connectivity index (χ4v) is 29.2. The number of hydrogen-bond donors (Lipinski definition) is 0. The Balaban J connectivity index is -0.0000000991. The van der Waals surface area contributed by atoms with E-state index in [1.54, 1.807) is 0 Å². The van der Waals surface area contributed by atoms with Crippen molar-refractivity contribution in [3.63, 3.8) is 0 Å². The maximum Gasteiger partial charge on any atom is 3.00 e. The second-order valence-corrected chi connectivity index (χ2v) is 48.9. The summed E-state index contributed by atoms with van der Waals surface area (Å²) < 4.78 is 14.5. The number of rotatable bonds is 6. The summed E-state index contributed by atoms with van der Waals surface area (Å²) in [5.41, 5.74) is 3.79. The molecule has 0 bridgehead atoms. The molecule has 0 saturated heterocycles. The molecule has 3 nitrogen and oxygen atoms in total. The fraction of sp³-hybridized carbons (Fsp3) is 0.538. The Kier molecular flexibility index (Phi) is 43.0. The van der Waals surface area contributed by atoms with Crippen LogP contribution in [0.5, 0.6) is 0 Å². The molecule has 3 aromatic rings. The molecule has 0 saturated carbocycles. The summed E-state index contributed by atoms with van der Waals surface area (Å²) in [6.07, 6.45) is 0. The Labute approximate surface area is 408 Å². The molecule has 0 fully saturated rings. The number of benzene rings is 3. The summed E-state index contributed by atoms with van der Waals surface area (Å²) in [6, 6.07) is 23.7. The van der Waals surface area contributed by atoms with E-state index in [1.165, 1.54) is 16.7 Å². The molecule has 3 rings (SSSR count). The van der Waals surface area contributed by atoms with Crippen molar-refractivity contribution in [2.24, 2.45) is 0 Å². The van der Waals surface area contributed by atoms with Gasteiger partial charge in [0.1, 0.15) is 0 Å². The first-order chi connectivity index (χ1) is 22.5. The van der Waals surface area contributed by atoms with E-state index in [0.29, 0.717) is 0 Å². The van der Waals surface area contributed by atoms with Gasteiger partial charge < -0.3 is 68.9 Å². The Morgan fingerprint density at radius 1 is 0.309 bits per heavy atom. The van der Waals surface area contributed by atoms with E-state index >= 15 is 0 Å². The number of hydrogen-bond acceptors (Lipinski definition) is 3. The Hall–Kier alpha value is 1.58. The van der Waals surface area contributed by atoms with Gasteiger partial charge in [-0.15, -0.1) is 0 Å². The molecule has 0 N–H and O–H groups in total. The van der Waals surface area contributed by atoms with Crippen molar-refractivity contribution in [3.05, 3.63) is 103 Å². The van der Waals surface area contributed by atoms with Crippen LogP contribution in [0.15, 0.2) is 87.5 Å². The third-order valence-electron chi connectivity index (χ3n) is 5.08. The predicted octanol–water partition coefficient (Wildman–Crippen LogP) is 14.4. The summed E-state index contributed by atoms with van der Waals surface area (Å²) in [5.74, 6) is 0. The van der Waals surface area contributed by atoms with Gasteiger partial charge in [0.15, 0.2) is 0 Å². The molecule has 0 aliphatic heterocycles. The van der Waals surface area contributed by atoms with Crippen LogP contribution in [0.4, 0.5) is 0 Å². The first-order valence-electron chi connectivity index (χ1n) is 17.9. The Morgan fingerprint density at radius 3 is 0.473 bits per heavy atom. The Bertz CT molecular complexity index is 1060. The molecule has 55 heavy (non-hydrogen) atoms. The van der Waals surface area contributed by atoms with Gasteiger partial charge in [-0.05, 0) is 20.8 Å². The quantitative estimate of drug-likeness (QED) is 0.182. The number of nitrogens with zero attached hydrogens (tertiary/aromatic N) is 3. The van der Waals surface area contributed by atoms with E-state index < -0.39 is 49.4 Å². The van der Waals surface area contributed by atoms with Gasteiger partial charge in [0.2, 0.25) is 0 Å². The van der Waals surface area contributed by atoms with Gasteiger partial charge in [0.25, 0.3) is 0 Å². The van der Waals surface area contributed by atoms with Gasteiger partial charge in [-0.2, -0.15) is 14.7 Å². The smallest absolute Gasteiger partial charge is 2.00 e. The van der Waals surface area contributed by atoms with Gasteiger partial charge in [-0.1, -0.05) is 257 Å². The maximum atomic E-state index is 4.87. The predicted molar refractivity (Wildman–Crippen MR) is 266 cm³/mol. The van der Waals surface area contributed by atoms with Crippen molar-refractivity contribution < 1.29 is 51.2 Å². The van der Waals surface area contributed by atoms with Gasteiger partial charge in [-0.25, -0.2) is 0 Å². The molecule has 0 unspecified atom stereocenters. The average Bonchev–Trinajstić information content (AvgIpc) is 2.85. The minimum atomic E-state index is -1.11. The second kappa shape index (κ2) is 33.2. The van der Waals surface area contributed by atoms with Crippen LogP contribution in [0.1, 0.15) is 16.7 Å². The van der Waals surface area contributed by atoms with Crippen molar-refractivity contribution in [2.75, 3.05) is 0 Å². The van der Waals surface area contributed by atoms with Gasteiger partial charge >= 0.3 is 51.2 Å². The third kappa shape index (κ3) is 64.9. The van der Waals surface area contributed by atoms with Gasteiger partial charge in [0, 0.05) is 0 Å². The van der Waals surface area contributed by atoms with Gasteiger partial charge in [-0.3, -0.25) is 0 Å². The standard InChI is InChI=1S/3C7H8S.3C6H18NSi2.3Fe.Se/c3*1-6-2-4-7(8)5-3-6;3*1-8(2,3)7-9(4,5)6;;;;/h3*2-5,8H,1H3;3*1-6H3;;;;/q;;;3*-1;+2;2*+3;-2/p-3. The molecular weight excluding hydrogens is 1020 g/mol. The third-order valence-corrected chi connectivity index (χ3v) is 22.0. The van der Waals surface area contributed by atoms with E-state index in [0.717, 1.165) is 14.7 Å². The molecule has 3 aromatic carbocycles. The minimum absolute atomic E-state index is 0. The van der Waals surface area contributed by atoms with E-state index in [-0.39, 0.29) is 68.3 Å². The van der Waals surface area contributed by atoms with Crippen molar-refractivity contribution >= 4 is 104 Å². The summed E-state index contributed by atoms with van der Waals surface area (Å²) in [7, 11) is -6.64. The van der Waals surface area contributed by atoms with Crippen LogP contribution in [0.25, 0.3) is 13.9 Å². The maximum absolute atomic E-state index is 4.87. The molecule has 0 atom stereocenters. The molecule has 0 spiro atoms. The van der Waals surface area contributed by atoms with Crippen molar-refractivity contribution in [3.8, 4) is 0 Å². The first kappa shape index (κ1) is 71.1. The van der Waals surface area contributed by atoms with E-state index in [4.69, 9.17) is 51.8 Å². The van der Waals surface area contributed by atoms with Crippen LogP contribution >= 0.6 is 0 Å². The summed E-state index contributed by atoms with van der Waals surface area (Å²) in [4.78, 5) is 2.74. The molecule has 0 aliphatic carbocycles. The molecule has 0 heterocycles. The topological polar surface area (TPSA) is 42.3 Å². The van der Waals surface area contributed by atoms with Crippen LogP contribution in [0, 0.1) is 20.8 Å². The van der Waals surface area contributed by atoms with E-state index in [1.807, 2.05) is 72.8 Å².